The van der Waals surface area contributed by atoms with Crippen molar-refractivity contribution in [2.45, 2.75) is 6.92 Å². The van der Waals surface area contributed by atoms with Crippen molar-refractivity contribution in [3.63, 3.8) is 0 Å². The zero-order chi connectivity index (χ0) is 20.3. The number of nitrogens with one attached hydrogen (secondary N) is 1. The van der Waals surface area contributed by atoms with E-state index in [4.69, 9.17) is 16.0 Å². The molecular formula is C19H14ClN3O5. The minimum absolute atomic E-state index is 0.263. The van der Waals surface area contributed by atoms with Crippen molar-refractivity contribution < 1.29 is 19.2 Å². The molecule has 142 valence electrons. The lowest BCUT2D eigenvalue weighted by Crippen LogP contribution is -2.17. The van der Waals surface area contributed by atoms with Gasteiger partial charge in [0.2, 0.25) is 5.75 Å². The molecule has 0 aliphatic rings. The molecule has 8 nitrogen and oxygen atoms in total. The maximum absolute atomic E-state index is 12.1. The van der Waals surface area contributed by atoms with Crippen LogP contribution in [0.25, 0.3) is 11.3 Å². The number of nitro groups is 1. The SMILES string of the molecule is Cc1ccc(-c2ccc(/C=N\NC(=O)c3cccc([N+](=O)[O-])c3O)o2)cc1Cl. The summed E-state index contributed by atoms with van der Waals surface area (Å²) in [6, 6.07) is 12.6. The molecule has 0 spiro atoms. The topological polar surface area (TPSA) is 118 Å². The number of hydrazone groups is 1. The van der Waals surface area contributed by atoms with Gasteiger partial charge in [0.15, 0.2) is 0 Å². The van der Waals surface area contributed by atoms with Gasteiger partial charge in [-0.25, -0.2) is 5.43 Å². The fraction of sp³-hybridized carbons (Fsp3) is 0.0526. The van der Waals surface area contributed by atoms with Crippen molar-refractivity contribution in [2.75, 3.05) is 0 Å². The average Bonchev–Trinajstić information content (AvgIpc) is 3.12. The van der Waals surface area contributed by atoms with E-state index in [0.29, 0.717) is 16.5 Å². The van der Waals surface area contributed by atoms with Gasteiger partial charge in [-0.05, 0) is 36.8 Å². The number of nitro benzene ring substituents is 1. The number of carbonyl (C=O) groups excluding carboxylic acids is 1. The van der Waals surface area contributed by atoms with Crippen LogP contribution < -0.4 is 5.43 Å². The number of hydrogen-bond acceptors (Lipinski definition) is 6. The van der Waals surface area contributed by atoms with Gasteiger partial charge in [0.05, 0.1) is 16.7 Å². The Hall–Kier alpha value is -3.65. The quantitative estimate of drug-likeness (QED) is 0.377. The van der Waals surface area contributed by atoms with Crippen molar-refractivity contribution in [1.82, 2.24) is 5.43 Å². The van der Waals surface area contributed by atoms with Crippen molar-refractivity contribution in [3.05, 3.63) is 80.6 Å². The summed E-state index contributed by atoms with van der Waals surface area (Å²) < 4.78 is 5.63. The first-order valence-electron chi connectivity index (χ1n) is 8.03. The Morgan fingerprint density at radius 3 is 2.79 bits per heavy atom. The predicted molar refractivity (Wildman–Crippen MR) is 104 cm³/mol. The van der Waals surface area contributed by atoms with E-state index < -0.39 is 22.3 Å². The molecule has 0 radical (unpaired) electrons. The molecule has 3 aromatic rings. The van der Waals surface area contributed by atoms with Crippen LogP contribution in [-0.4, -0.2) is 22.2 Å². The van der Waals surface area contributed by atoms with Gasteiger partial charge in [-0.2, -0.15) is 5.10 Å². The Labute approximate surface area is 164 Å². The summed E-state index contributed by atoms with van der Waals surface area (Å²) >= 11 is 6.11. The summed E-state index contributed by atoms with van der Waals surface area (Å²) in [5.41, 5.74) is 3.10. The summed E-state index contributed by atoms with van der Waals surface area (Å²) in [4.78, 5) is 22.1. The largest absolute Gasteiger partial charge is 0.502 e. The van der Waals surface area contributed by atoms with E-state index in [1.807, 2.05) is 19.1 Å². The lowest BCUT2D eigenvalue weighted by atomic mass is 10.1. The Kier molecular flexibility index (Phi) is 5.42. The fourth-order valence-electron chi connectivity index (χ4n) is 2.40. The molecule has 2 aromatic carbocycles. The summed E-state index contributed by atoms with van der Waals surface area (Å²) in [5.74, 6) is -0.576. The molecule has 2 N–H and O–H groups in total. The highest BCUT2D eigenvalue weighted by molar-refractivity contribution is 6.31. The number of amides is 1. The van der Waals surface area contributed by atoms with Crippen LogP contribution in [0.1, 0.15) is 21.7 Å². The molecule has 0 aliphatic heterocycles. The third kappa shape index (κ3) is 4.02. The number of furan rings is 1. The zero-order valence-corrected chi connectivity index (χ0v) is 15.3. The molecule has 0 atom stereocenters. The second-order valence-electron chi connectivity index (χ2n) is 5.80. The highest BCUT2D eigenvalue weighted by Crippen LogP contribution is 2.29. The number of halogens is 1. The first-order chi connectivity index (χ1) is 13.4. The number of phenolic OH excluding ortho intramolecular Hbond substituents is 1. The van der Waals surface area contributed by atoms with Crippen LogP contribution in [0.15, 0.2) is 58.0 Å². The summed E-state index contributed by atoms with van der Waals surface area (Å²) in [6.07, 6.45) is 1.27. The average molecular weight is 400 g/mol. The normalized spacial score (nSPS) is 10.9. The molecule has 1 aromatic heterocycles. The Bertz CT molecular complexity index is 1090. The molecule has 3 rings (SSSR count). The Balaban J connectivity index is 1.71. The highest BCUT2D eigenvalue weighted by Gasteiger charge is 2.20. The van der Waals surface area contributed by atoms with Crippen LogP contribution >= 0.6 is 11.6 Å². The van der Waals surface area contributed by atoms with Crippen LogP contribution in [0.2, 0.25) is 5.02 Å². The fourth-order valence-corrected chi connectivity index (χ4v) is 2.58. The van der Waals surface area contributed by atoms with Crippen LogP contribution in [0, 0.1) is 17.0 Å². The van der Waals surface area contributed by atoms with Crippen molar-refractivity contribution in [2.24, 2.45) is 5.10 Å². The second kappa shape index (κ2) is 7.93. The number of rotatable bonds is 5. The number of aromatic hydroxyl groups is 1. The molecule has 0 bridgehead atoms. The van der Waals surface area contributed by atoms with Gasteiger partial charge >= 0.3 is 5.69 Å². The van der Waals surface area contributed by atoms with Gasteiger partial charge in [-0.3, -0.25) is 14.9 Å². The molecule has 1 heterocycles. The van der Waals surface area contributed by atoms with Crippen LogP contribution in [-0.2, 0) is 0 Å². The maximum atomic E-state index is 12.1. The second-order valence-corrected chi connectivity index (χ2v) is 6.20. The molecular weight excluding hydrogens is 386 g/mol. The van der Waals surface area contributed by atoms with E-state index in [1.54, 1.807) is 18.2 Å². The number of nitrogens with zero attached hydrogens (tertiary/aromatic N) is 2. The molecule has 28 heavy (non-hydrogen) atoms. The molecule has 0 saturated carbocycles. The first-order valence-corrected chi connectivity index (χ1v) is 8.40. The molecule has 9 heteroatoms. The Morgan fingerprint density at radius 2 is 2.07 bits per heavy atom. The molecule has 1 amide bonds. The third-order valence-corrected chi connectivity index (χ3v) is 4.30. The number of benzene rings is 2. The highest BCUT2D eigenvalue weighted by atomic mass is 35.5. The van der Waals surface area contributed by atoms with Gasteiger partial charge in [-0.15, -0.1) is 0 Å². The van der Waals surface area contributed by atoms with Gasteiger partial charge in [0, 0.05) is 16.7 Å². The van der Waals surface area contributed by atoms with Gasteiger partial charge in [0.1, 0.15) is 11.5 Å². The van der Waals surface area contributed by atoms with Gasteiger partial charge < -0.3 is 9.52 Å². The third-order valence-electron chi connectivity index (χ3n) is 3.90. The molecule has 0 fully saturated rings. The summed E-state index contributed by atoms with van der Waals surface area (Å²) in [6.45, 7) is 1.90. The van der Waals surface area contributed by atoms with E-state index in [-0.39, 0.29) is 5.56 Å². The monoisotopic (exact) mass is 399 g/mol. The first kappa shape index (κ1) is 19.1. The van der Waals surface area contributed by atoms with Crippen molar-refractivity contribution >= 4 is 29.4 Å². The molecule has 0 saturated heterocycles. The predicted octanol–water partition coefficient (Wildman–Crippen LogP) is 4.29. The standard InChI is InChI=1S/C19H14ClN3O5/c1-11-5-6-12(9-15(11)20)17-8-7-13(28-17)10-21-22-19(25)14-3-2-4-16(18(14)24)23(26)27/h2-10,24H,1H3,(H,22,25)/b21-10-. The van der Waals surface area contributed by atoms with E-state index >= 15 is 0 Å². The smallest absolute Gasteiger partial charge is 0.311 e. The van der Waals surface area contributed by atoms with Crippen LogP contribution in [0.4, 0.5) is 5.69 Å². The number of aryl methyl sites for hydroxylation is 1. The van der Waals surface area contributed by atoms with E-state index in [1.165, 1.54) is 18.3 Å². The minimum Gasteiger partial charge on any atom is -0.502 e. The van der Waals surface area contributed by atoms with E-state index in [2.05, 4.69) is 10.5 Å². The number of hydrogen-bond donors (Lipinski definition) is 2. The Morgan fingerprint density at radius 1 is 1.29 bits per heavy atom. The van der Waals surface area contributed by atoms with Gasteiger partial charge in [0.25, 0.3) is 5.91 Å². The summed E-state index contributed by atoms with van der Waals surface area (Å²) in [7, 11) is 0. The minimum atomic E-state index is -0.797. The summed E-state index contributed by atoms with van der Waals surface area (Å²) in [5, 5.41) is 25.0. The molecule has 0 unspecified atom stereocenters. The number of carbonyl (C=O) groups is 1. The lowest BCUT2D eigenvalue weighted by Gasteiger charge is -2.03. The van der Waals surface area contributed by atoms with E-state index in [9.17, 15) is 20.0 Å². The zero-order valence-electron chi connectivity index (χ0n) is 14.5. The van der Waals surface area contributed by atoms with Crippen LogP contribution in [0.3, 0.4) is 0 Å². The van der Waals surface area contributed by atoms with Gasteiger partial charge in [-0.1, -0.05) is 29.8 Å². The van der Waals surface area contributed by atoms with E-state index in [0.717, 1.165) is 17.2 Å². The number of para-hydroxylation sites is 1. The van der Waals surface area contributed by atoms with Crippen LogP contribution in [0.5, 0.6) is 5.75 Å². The van der Waals surface area contributed by atoms with Crippen molar-refractivity contribution in [3.8, 4) is 17.1 Å². The maximum Gasteiger partial charge on any atom is 0.311 e. The molecule has 0 aliphatic carbocycles. The lowest BCUT2D eigenvalue weighted by molar-refractivity contribution is -0.385. The number of phenols is 1. The van der Waals surface area contributed by atoms with Crippen molar-refractivity contribution in [1.29, 1.82) is 0 Å².